The fourth-order valence-corrected chi connectivity index (χ4v) is 2.81. The number of aromatic nitrogens is 2. The second-order valence-corrected chi connectivity index (χ2v) is 5.54. The Balaban J connectivity index is 1.88. The van der Waals surface area contributed by atoms with Gasteiger partial charge in [-0.25, -0.2) is 0 Å². The molecular formula is C13H21ClN2O. The molecule has 0 aromatic carbocycles. The molecule has 0 amide bonds. The van der Waals surface area contributed by atoms with Gasteiger partial charge in [-0.05, 0) is 25.2 Å². The predicted molar refractivity (Wildman–Crippen MR) is 68.1 cm³/mol. The highest BCUT2D eigenvalue weighted by molar-refractivity contribution is 6.20. The summed E-state index contributed by atoms with van der Waals surface area (Å²) >= 11 is 6.18. The zero-order valence-electron chi connectivity index (χ0n) is 10.5. The van der Waals surface area contributed by atoms with Gasteiger partial charge in [-0.1, -0.05) is 37.8 Å². The van der Waals surface area contributed by atoms with E-state index >= 15 is 0 Å². The van der Waals surface area contributed by atoms with Gasteiger partial charge in [0.25, 0.3) is 0 Å². The van der Waals surface area contributed by atoms with Gasteiger partial charge in [0, 0.05) is 6.42 Å². The van der Waals surface area contributed by atoms with Crippen molar-refractivity contribution in [3.8, 4) is 0 Å². The first-order chi connectivity index (χ1) is 8.29. The normalized spacial score (nSPS) is 19.4. The van der Waals surface area contributed by atoms with Crippen molar-refractivity contribution >= 4 is 11.6 Å². The van der Waals surface area contributed by atoms with Crippen LogP contribution in [0.5, 0.6) is 0 Å². The fraction of sp³-hybridized carbons (Fsp3) is 0.846. The molecule has 1 heterocycles. The molecule has 0 saturated heterocycles. The van der Waals surface area contributed by atoms with Crippen LogP contribution in [0.2, 0.25) is 0 Å². The molecule has 1 aromatic heterocycles. The third-order valence-corrected chi connectivity index (χ3v) is 3.91. The van der Waals surface area contributed by atoms with E-state index in [2.05, 4.69) is 17.1 Å². The number of nitrogens with zero attached hydrogens (tertiary/aromatic N) is 2. The van der Waals surface area contributed by atoms with E-state index in [1.807, 2.05) is 0 Å². The Hall–Kier alpha value is -0.570. The monoisotopic (exact) mass is 256 g/mol. The zero-order valence-corrected chi connectivity index (χ0v) is 11.2. The van der Waals surface area contributed by atoms with Crippen molar-refractivity contribution in [2.45, 2.75) is 63.7 Å². The molecule has 1 saturated carbocycles. The molecule has 0 spiro atoms. The summed E-state index contributed by atoms with van der Waals surface area (Å²) in [6.07, 6.45) is 9.56. The van der Waals surface area contributed by atoms with Crippen LogP contribution in [0.4, 0.5) is 0 Å². The summed E-state index contributed by atoms with van der Waals surface area (Å²) < 4.78 is 5.29. The van der Waals surface area contributed by atoms with Crippen molar-refractivity contribution in [3.05, 3.63) is 11.7 Å². The Morgan fingerprint density at radius 1 is 1.35 bits per heavy atom. The van der Waals surface area contributed by atoms with E-state index in [0.717, 1.165) is 31.1 Å². The van der Waals surface area contributed by atoms with Gasteiger partial charge in [-0.15, -0.1) is 11.6 Å². The van der Waals surface area contributed by atoms with Crippen molar-refractivity contribution in [3.63, 3.8) is 0 Å². The Bertz CT molecular complexity index is 334. The largest absolute Gasteiger partial charge is 0.339 e. The van der Waals surface area contributed by atoms with E-state index in [1.165, 1.54) is 32.1 Å². The van der Waals surface area contributed by atoms with Crippen molar-refractivity contribution < 1.29 is 4.52 Å². The molecular weight excluding hydrogens is 236 g/mol. The second-order valence-electron chi connectivity index (χ2n) is 5.01. The van der Waals surface area contributed by atoms with Crippen LogP contribution in [-0.4, -0.2) is 10.1 Å². The van der Waals surface area contributed by atoms with E-state index in [4.69, 9.17) is 16.1 Å². The molecule has 1 unspecified atom stereocenters. The fourth-order valence-electron chi connectivity index (χ4n) is 2.50. The van der Waals surface area contributed by atoms with Gasteiger partial charge >= 0.3 is 0 Å². The van der Waals surface area contributed by atoms with Crippen LogP contribution >= 0.6 is 11.6 Å². The van der Waals surface area contributed by atoms with Gasteiger partial charge in [-0.2, -0.15) is 4.98 Å². The summed E-state index contributed by atoms with van der Waals surface area (Å²) in [4.78, 5) is 4.41. The maximum Gasteiger partial charge on any atom is 0.226 e. The average Bonchev–Trinajstić information content (AvgIpc) is 2.79. The SMILES string of the molecule is CCCC(Cl)c1noc(CC2CCCCC2)n1. The van der Waals surface area contributed by atoms with Crippen LogP contribution in [0.25, 0.3) is 0 Å². The van der Waals surface area contributed by atoms with Crippen LogP contribution in [0, 0.1) is 5.92 Å². The predicted octanol–water partition coefficient (Wildman–Crippen LogP) is 4.27. The number of alkyl halides is 1. The molecule has 17 heavy (non-hydrogen) atoms. The maximum absolute atomic E-state index is 6.18. The van der Waals surface area contributed by atoms with Gasteiger partial charge in [0.05, 0.1) is 5.38 Å². The average molecular weight is 257 g/mol. The number of rotatable bonds is 5. The van der Waals surface area contributed by atoms with Crippen LogP contribution in [0.1, 0.15) is 69.0 Å². The maximum atomic E-state index is 6.18. The Labute approximate surface area is 108 Å². The van der Waals surface area contributed by atoms with Crippen LogP contribution in [0.3, 0.4) is 0 Å². The second kappa shape index (κ2) is 6.39. The summed E-state index contributed by atoms with van der Waals surface area (Å²) in [6, 6.07) is 0. The highest BCUT2D eigenvalue weighted by atomic mass is 35.5. The molecule has 2 rings (SSSR count). The highest BCUT2D eigenvalue weighted by Gasteiger charge is 2.19. The standard InChI is InChI=1S/C13H21ClN2O/c1-2-6-11(14)13-15-12(17-16-13)9-10-7-4-3-5-8-10/h10-11H,2-9H2,1H3. The molecule has 1 fully saturated rings. The Morgan fingerprint density at radius 2 is 2.12 bits per heavy atom. The zero-order chi connectivity index (χ0) is 12.1. The molecule has 1 atom stereocenters. The minimum atomic E-state index is -0.0937. The quantitative estimate of drug-likeness (QED) is 0.739. The van der Waals surface area contributed by atoms with Crippen molar-refractivity contribution in [2.75, 3.05) is 0 Å². The molecule has 1 aromatic rings. The third kappa shape index (κ3) is 3.70. The van der Waals surface area contributed by atoms with Gasteiger partial charge in [0.1, 0.15) is 0 Å². The van der Waals surface area contributed by atoms with Crippen molar-refractivity contribution in [1.82, 2.24) is 10.1 Å². The van der Waals surface area contributed by atoms with Gasteiger partial charge in [0.15, 0.2) is 5.82 Å². The molecule has 0 aliphatic heterocycles. The molecule has 3 nitrogen and oxygen atoms in total. The summed E-state index contributed by atoms with van der Waals surface area (Å²) in [5.74, 6) is 2.17. The van der Waals surface area contributed by atoms with Crippen LogP contribution < -0.4 is 0 Å². The third-order valence-electron chi connectivity index (χ3n) is 3.49. The highest BCUT2D eigenvalue weighted by Crippen LogP contribution is 2.28. The van der Waals surface area contributed by atoms with Gasteiger partial charge in [0.2, 0.25) is 5.89 Å². The van der Waals surface area contributed by atoms with Gasteiger partial charge in [-0.3, -0.25) is 0 Å². The minimum absolute atomic E-state index is 0.0937. The summed E-state index contributed by atoms with van der Waals surface area (Å²) in [6.45, 7) is 2.11. The number of halogens is 1. The lowest BCUT2D eigenvalue weighted by molar-refractivity contribution is 0.303. The number of hydrogen-bond acceptors (Lipinski definition) is 3. The van der Waals surface area contributed by atoms with Crippen molar-refractivity contribution in [1.29, 1.82) is 0 Å². The van der Waals surface area contributed by atoms with Crippen LogP contribution in [-0.2, 0) is 6.42 Å². The smallest absolute Gasteiger partial charge is 0.226 e. The first kappa shape index (κ1) is 12.9. The first-order valence-corrected chi connectivity index (χ1v) is 7.19. The summed E-state index contributed by atoms with van der Waals surface area (Å²) in [7, 11) is 0. The molecule has 0 radical (unpaired) electrons. The lowest BCUT2D eigenvalue weighted by Crippen LogP contribution is -2.09. The summed E-state index contributed by atoms with van der Waals surface area (Å²) in [5.41, 5.74) is 0. The summed E-state index contributed by atoms with van der Waals surface area (Å²) in [5, 5.41) is 3.89. The Morgan fingerprint density at radius 3 is 2.82 bits per heavy atom. The molecule has 0 N–H and O–H groups in total. The van der Waals surface area contributed by atoms with E-state index in [-0.39, 0.29) is 5.38 Å². The molecule has 0 bridgehead atoms. The molecule has 4 heteroatoms. The molecule has 1 aliphatic rings. The Kier molecular flexibility index (Phi) is 4.84. The lowest BCUT2D eigenvalue weighted by Gasteiger charge is -2.19. The van der Waals surface area contributed by atoms with Crippen molar-refractivity contribution in [2.24, 2.45) is 5.92 Å². The van der Waals surface area contributed by atoms with E-state index < -0.39 is 0 Å². The lowest BCUT2D eigenvalue weighted by atomic mass is 9.87. The topological polar surface area (TPSA) is 38.9 Å². The first-order valence-electron chi connectivity index (χ1n) is 6.76. The van der Waals surface area contributed by atoms with Crippen LogP contribution in [0.15, 0.2) is 4.52 Å². The number of hydrogen-bond donors (Lipinski definition) is 0. The van der Waals surface area contributed by atoms with Gasteiger partial charge < -0.3 is 4.52 Å². The molecule has 96 valence electrons. The van der Waals surface area contributed by atoms with E-state index in [1.54, 1.807) is 0 Å². The van der Waals surface area contributed by atoms with E-state index in [9.17, 15) is 0 Å². The minimum Gasteiger partial charge on any atom is -0.339 e. The van der Waals surface area contributed by atoms with E-state index in [0.29, 0.717) is 5.82 Å². The molecule has 1 aliphatic carbocycles.